The summed E-state index contributed by atoms with van der Waals surface area (Å²) in [6, 6.07) is 12.1. The third-order valence-electron chi connectivity index (χ3n) is 4.45. The molecule has 0 heterocycles. The highest BCUT2D eigenvalue weighted by molar-refractivity contribution is 9.11. The Balaban J connectivity index is 1.83. The van der Waals surface area contributed by atoms with Crippen LogP contribution < -0.4 is 10.6 Å². The highest BCUT2D eigenvalue weighted by Crippen LogP contribution is 2.32. The van der Waals surface area contributed by atoms with Crippen LogP contribution in [0.5, 0.6) is 0 Å². The van der Waals surface area contributed by atoms with Crippen molar-refractivity contribution in [1.82, 2.24) is 0 Å². The van der Waals surface area contributed by atoms with Crippen molar-refractivity contribution in [3.8, 4) is 0 Å². The van der Waals surface area contributed by atoms with E-state index in [1.807, 2.05) is 62.6 Å². The van der Waals surface area contributed by atoms with Crippen molar-refractivity contribution in [1.29, 1.82) is 0 Å². The van der Waals surface area contributed by atoms with Crippen molar-refractivity contribution >= 4 is 61.2 Å². The van der Waals surface area contributed by atoms with E-state index in [1.54, 1.807) is 0 Å². The first-order valence-electron chi connectivity index (χ1n) is 8.42. The maximum absolute atomic E-state index is 12.7. The summed E-state index contributed by atoms with van der Waals surface area (Å²) in [5.74, 6) is 0.146. The average Bonchev–Trinajstić information content (AvgIpc) is 2.95. The van der Waals surface area contributed by atoms with Gasteiger partial charge in [0.25, 0.3) is 0 Å². The monoisotopic (exact) mass is 474 g/mol. The Labute approximate surface area is 170 Å². The van der Waals surface area contributed by atoms with Crippen LogP contribution in [0, 0.1) is 0 Å². The molecule has 1 aliphatic carbocycles. The van der Waals surface area contributed by atoms with Gasteiger partial charge in [-0.25, -0.2) is 0 Å². The SMILES string of the molecule is CNc1ccc(C=C2CCC(=Cc3ccc(NC)c(Br)c3)C2=O)cc1Br. The number of allylic oxidation sites excluding steroid dienone is 2. The van der Waals surface area contributed by atoms with Gasteiger partial charge >= 0.3 is 0 Å². The van der Waals surface area contributed by atoms with E-state index in [-0.39, 0.29) is 5.78 Å². The Morgan fingerprint density at radius 1 is 0.808 bits per heavy atom. The molecule has 5 heteroatoms. The van der Waals surface area contributed by atoms with Crippen LogP contribution in [0.15, 0.2) is 56.5 Å². The lowest BCUT2D eigenvalue weighted by atomic mass is 10.1. The number of halogens is 2. The fourth-order valence-electron chi connectivity index (χ4n) is 3.03. The summed E-state index contributed by atoms with van der Waals surface area (Å²) in [7, 11) is 3.77. The van der Waals surface area contributed by atoms with Crippen molar-refractivity contribution in [2.24, 2.45) is 0 Å². The maximum atomic E-state index is 12.7. The molecule has 1 saturated carbocycles. The van der Waals surface area contributed by atoms with Crippen LogP contribution in [0.2, 0.25) is 0 Å². The Bertz CT molecular complexity index is 843. The van der Waals surface area contributed by atoms with Crippen molar-refractivity contribution in [2.45, 2.75) is 12.8 Å². The fourth-order valence-corrected chi connectivity index (χ4v) is 4.22. The Hall–Kier alpha value is -1.85. The van der Waals surface area contributed by atoms with E-state index < -0.39 is 0 Å². The second kappa shape index (κ2) is 8.23. The number of carbonyl (C=O) groups excluding carboxylic acids is 1. The largest absolute Gasteiger partial charge is 0.387 e. The minimum absolute atomic E-state index is 0.146. The minimum atomic E-state index is 0.146. The van der Waals surface area contributed by atoms with Gasteiger partial charge < -0.3 is 10.6 Å². The fraction of sp³-hybridized carbons (Fsp3) is 0.190. The van der Waals surface area contributed by atoms with Gasteiger partial charge in [0.05, 0.1) is 0 Å². The molecular formula is C21H20Br2N2O. The average molecular weight is 476 g/mol. The molecule has 0 bridgehead atoms. The normalized spacial score (nSPS) is 17.2. The van der Waals surface area contributed by atoms with Crippen LogP contribution in [0.25, 0.3) is 12.2 Å². The molecule has 0 aliphatic heterocycles. The summed E-state index contributed by atoms with van der Waals surface area (Å²) in [5, 5.41) is 6.24. The zero-order valence-electron chi connectivity index (χ0n) is 14.7. The molecule has 3 nitrogen and oxygen atoms in total. The molecule has 1 aliphatic rings. The molecule has 0 amide bonds. The zero-order chi connectivity index (χ0) is 18.7. The molecule has 2 N–H and O–H groups in total. The van der Waals surface area contributed by atoms with Crippen LogP contribution >= 0.6 is 31.9 Å². The molecule has 0 atom stereocenters. The molecule has 0 unspecified atom stereocenters. The smallest absolute Gasteiger partial charge is 0.185 e. The highest BCUT2D eigenvalue weighted by atomic mass is 79.9. The lowest BCUT2D eigenvalue weighted by Crippen LogP contribution is -1.96. The molecule has 1 fully saturated rings. The highest BCUT2D eigenvalue weighted by Gasteiger charge is 2.23. The first kappa shape index (κ1) is 18.9. The first-order chi connectivity index (χ1) is 12.5. The standard InChI is InChI=1S/C21H20Br2N2O/c1-24-19-7-3-13(11-17(19)22)9-15-5-6-16(21(15)26)10-14-4-8-20(25-2)18(23)12-14/h3-4,7-12,24-25H,5-6H2,1-2H3. The summed E-state index contributed by atoms with van der Waals surface area (Å²) < 4.78 is 1.98. The van der Waals surface area contributed by atoms with Gasteiger partial charge in [0.1, 0.15) is 0 Å². The van der Waals surface area contributed by atoms with Crippen LogP contribution in [0.3, 0.4) is 0 Å². The molecule has 2 aromatic carbocycles. The number of Topliss-reactive ketones (excluding diaryl/α,β-unsaturated/α-hetero) is 1. The number of anilines is 2. The van der Waals surface area contributed by atoms with Crippen molar-refractivity contribution in [2.75, 3.05) is 24.7 Å². The summed E-state index contributed by atoms with van der Waals surface area (Å²) in [4.78, 5) is 12.7. The third-order valence-corrected chi connectivity index (χ3v) is 5.77. The first-order valence-corrected chi connectivity index (χ1v) is 10.0. The summed E-state index contributed by atoms with van der Waals surface area (Å²) in [5.41, 5.74) is 5.85. The van der Waals surface area contributed by atoms with Gasteiger partial charge in [-0.1, -0.05) is 12.1 Å². The molecule has 26 heavy (non-hydrogen) atoms. The van der Waals surface area contributed by atoms with Gasteiger partial charge in [-0.3, -0.25) is 4.79 Å². The third kappa shape index (κ3) is 4.10. The van der Waals surface area contributed by atoms with Crippen molar-refractivity contribution in [3.63, 3.8) is 0 Å². The van der Waals surface area contributed by atoms with E-state index in [0.717, 1.165) is 55.4 Å². The predicted octanol–water partition coefficient (Wildman–Crippen LogP) is 6.12. The Kier molecular flexibility index (Phi) is 5.99. The number of rotatable bonds is 4. The molecule has 0 aromatic heterocycles. The minimum Gasteiger partial charge on any atom is -0.387 e. The van der Waals surface area contributed by atoms with Crippen LogP contribution in [0.1, 0.15) is 24.0 Å². The van der Waals surface area contributed by atoms with E-state index in [1.165, 1.54) is 0 Å². The molecule has 0 spiro atoms. The van der Waals surface area contributed by atoms with E-state index in [9.17, 15) is 4.79 Å². The zero-order valence-corrected chi connectivity index (χ0v) is 17.9. The van der Waals surface area contributed by atoms with Gasteiger partial charge in [0, 0.05) is 45.6 Å². The van der Waals surface area contributed by atoms with Crippen LogP contribution in [-0.4, -0.2) is 19.9 Å². The molecule has 2 aromatic rings. The second-order valence-corrected chi connectivity index (χ2v) is 7.86. The molecule has 0 radical (unpaired) electrons. The lowest BCUT2D eigenvalue weighted by molar-refractivity contribution is -0.111. The van der Waals surface area contributed by atoms with Crippen molar-refractivity contribution < 1.29 is 4.79 Å². The van der Waals surface area contributed by atoms with E-state index in [0.29, 0.717) is 0 Å². The van der Waals surface area contributed by atoms with Crippen molar-refractivity contribution in [3.05, 3.63) is 67.6 Å². The number of hydrogen-bond acceptors (Lipinski definition) is 3. The number of benzene rings is 2. The van der Waals surface area contributed by atoms with Gasteiger partial charge in [0.2, 0.25) is 0 Å². The van der Waals surface area contributed by atoms with Gasteiger partial charge in [0.15, 0.2) is 5.78 Å². The number of nitrogens with one attached hydrogen (secondary N) is 2. The van der Waals surface area contributed by atoms with E-state index in [4.69, 9.17) is 0 Å². The van der Waals surface area contributed by atoms with Crippen LogP contribution in [-0.2, 0) is 4.79 Å². The summed E-state index contributed by atoms with van der Waals surface area (Å²) in [6.45, 7) is 0. The lowest BCUT2D eigenvalue weighted by Gasteiger charge is -2.05. The van der Waals surface area contributed by atoms with Gasteiger partial charge in [-0.05, 0) is 92.2 Å². The Morgan fingerprint density at radius 2 is 1.23 bits per heavy atom. The molecule has 134 valence electrons. The maximum Gasteiger partial charge on any atom is 0.185 e. The number of carbonyl (C=O) groups is 1. The Morgan fingerprint density at radius 3 is 1.58 bits per heavy atom. The van der Waals surface area contributed by atoms with E-state index in [2.05, 4.69) is 42.5 Å². The number of hydrogen-bond donors (Lipinski definition) is 2. The second-order valence-electron chi connectivity index (χ2n) is 6.15. The van der Waals surface area contributed by atoms with Gasteiger partial charge in [-0.15, -0.1) is 0 Å². The summed E-state index contributed by atoms with van der Waals surface area (Å²) >= 11 is 7.10. The van der Waals surface area contributed by atoms with Crippen LogP contribution in [0.4, 0.5) is 11.4 Å². The molecule has 0 saturated heterocycles. The topological polar surface area (TPSA) is 41.1 Å². The number of ketones is 1. The predicted molar refractivity (Wildman–Crippen MR) is 118 cm³/mol. The van der Waals surface area contributed by atoms with Gasteiger partial charge in [-0.2, -0.15) is 0 Å². The van der Waals surface area contributed by atoms with E-state index >= 15 is 0 Å². The summed E-state index contributed by atoms with van der Waals surface area (Å²) in [6.07, 6.45) is 5.55. The molecule has 3 rings (SSSR count). The molecular weight excluding hydrogens is 456 g/mol. The quantitative estimate of drug-likeness (QED) is 0.523.